The number of pyridine rings is 1. The van der Waals surface area contributed by atoms with Crippen molar-refractivity contribution < 1.29 is 13.9 Å². The number of aromatic nitrogens is 1. The van der Waals surface area contributed by atoms with Crippen molar-refractivity contribution in [1.82, 2.24) is 4.98 Å². The predicted octanol–water partition coefficient (Wildman–Crippen LogP) is 5.91. The van der Waals surface area contributed by atoms with Gasteiger partial charge < -0.3 is 4.74 Å². The number of benzene rings is 1. The van der Waals surface area contributed by atoms with E-state index in [4.69, 9.17) is 4.74 Å². The predicted molar refractivity (Wildman–Crippen MR) is 109 cm³/mol. The van der Waals surface area contributed by atoms with Gasteiger partial charge in [-0.1, -0.05) is 38.3 Å². The Morgan fingerprint density at radius 1 is 1.07 bits per heavy atom. The molecule has 0 N–H and O–H groups in total. The molecule has 28 heavy (non-hydrogen) atoms. The lowest BCUT2D eigenvalue weighted by Crippen LogP contribution is -2.25. The van der Waals surface area contributed by atoms with Crippen molar-refractivity contribution in [3.8, 4) is 5.75 Å². The molecule has 1 heterocycles. The summed E-state index contributed by atoms with van der Waals surface area (Å²) < 4.78 is 18.5. The molecule has 3 rings (SSSR count). The van der Waals surface area contributed by atoms with Crippen molar-refractivity contribution in [2.45, 2.75) is 64.7 Å². The summed E-state index contributed by atoms with van der Waals surface area (Å²) in [6, 6.07) is 10.3. The van der Waals surface area contributed by atoms with Crippen LogP contribution in [0, 0.1) is 17.7 Å². The van der Waals surface area contributed by atoms with Crippen molar-refractivity contribution in [3.05, 3.63) is 59.7 Å². The average molecular weight is 384 g/mol. The molecule has 1 aromatic carbocycles. The molecule has 2 aromatic rings. The Morgan fingerprint density at radius 2 is 1.82 bits per heavy atom. The van der Waals surface area contributed by atoms with Gasteiger partial charge in [-0.05, 0) is 74.3 Å². The fourth-order valence-electron chi connectivity index (χ4n) is 3.92. The second-order valence-corrected chi connectivity index (χ2v) is 7.89. The molecule has 0 bridgehead atoms. The standard InChI is InChI=1S/C24H30FNO2/c1-2-3-4-18-5-10-20(11-6-18)24(27)28-23-16-15-22(26-17-23)14-9-19-7-12-21(25)13-8-19/h7-8,12-13,15-18,20H,2-6,9-11,14H2,1H3. The third-order valence-corrected chi connectivity index (χ3v) is 5.75. The number of nitrogens with zero attached hydrogens (tertiary/aromatic N) is 1. The number of aryl methyl sites for hydroxylation is 2. The number of unbranched alkanes of at least 4 members (excludes halogenated alkanes) is 1. The summed E-state index contributed by atoms with van der Waals surface area (Å²) in [7, 11) is 0. The van der Waals surface area contributed by atoms with Crippen LogP contribution in [-0.2, 0) is 17.6 Å². The molecule has 4 heteroatoms. The first-order chi connectivity index (χ1) is 13.6. The Labute approximate surface area is 167 Å². The second kappa shape index (κ2) is 10.4. The maximum Gasteiger partial charge on any atom is 0.314 e. The topological polar surface area (TPSA) is 39.2 Å². The van der Waals surface area contributed by atoms with Crippen molar-refractivity contribution in [2.24, 2.45) is 11.8 Å². The zero-order valence-electron chi connectivity index (χ0n) is 16.7. The van der Waals surface area contributed by atoms with Crippen molar-refractivity contribution in [3.63, 3.8) is 0 Å². The first-order valence-electron chi connectivity index (χ1n) is 10.5. The minimum absolute atomic E-state index is 0.0241. The van der Waals surface area contributed by atoms with Gasteiger partial charge in [-0.3, -0.25) is 9.78 Å². The highest BCUT2D eigenvalue weighted by Gasteiger charge is 2.27. The molecule has 0 atom stereocenters. The quantitative estimate of drug-likeness (QED) is 0.532. The molecule has 1 aliphatic carbocycles. The van der Waals surface area contributed by atoms with Crippen molar-refractivity contribution >= 4 is 5.97 Å². The van der Waals surface area contributed by atoms with Crippen LogP contribution in [0.4, 0.5) is 4.39 Å². The molecule has 0 amide bonds. The first kappa shape index (κ1) is 20.5. The summed E-state index contributed by atoms with van der Waals surface area (Å²) in [5.74, 6) is 0.989. The number of carbonyl (C=O) groups excluding carboxylic acids is 1. The Morgan fingerprint density at radius 3 is 2.46 bits per heavy atom. The SMILES string of the molecule is CCCCC1CCC(C(=O)Oc2ccc(CCc3ccc(F)cc3)nc2)CC1. The summed E-state index contributed by atoms with van der Waals surface area (Å²) in [5.41, 5.74) is 2.01. The molecule has 0 unspecified atom stereocenters. The van der Waals surface area contributed by atoms with Crippen molar-refractivity contribution in [2.75, 3.05) is 0 Å². The van der Waals surface area contributed by atoms with Gasteiger partial charge in [0.2, 0.25) is 0 Å². The molecule has 1 saturated carbocycles. The number of rotatable bonds is 8. The van der Waals surface area contributed by atoms with Crippen LogP contribution in [0.2, 0.25) is 0 Å². The third kappa shape index (κ3) is 6.15. The normalized spacial score (nSPS) is 19.4. The van der Waals surface area contributed by atoms with Crippen LogP contribution in [0.1, 0.15) is 63.1 Å². The minimum atomic E-state index is -0.220. The fourth-order valence-corrected chi connectivity index (χ4v) is 3.92. The van der Waals surface area contributed by atoms with Crippen LogP contribution in [0.15, 0.2) is 42.6 Å². The molecule has 0 spiro atoms. The zero-order valence-corrected chi connectivity index (χ0v) is 16.7. The largest absolute Gasteiger partial charge is 0.425 e. The molecule has 0 aliphatic heterocycles. The molecule has 1 aliphatic rings. The Hall–Kier alpha value is -2.23. The number of carbonyl (C=O) groups is 1. The number of halogens is 1. The second-order valence-electron chi connectivity index (χ2n) is 7.89. The monoisotopic (exact) mass is 383 g/mol. The fraction of sp³-hybridized carbons (Fsp3) is 0.500. The van der Waals surface area contributed by atoms with E-state index in [1.807, 2.05) is 12.1 Å². The van der Waals surface area contributed by atoms with Gasteiger partial charge in [-0.2, -0.15) is 0 Å². The molecule has 150 valence electrons. The lowest BCUT2D eigenvalue weighted by atomic mass is 9.80. The highest BCUT2D eigenvalue weighted by molar-refractivity contribution is 5.75. The summed E-state index contributed by atoms with van der Waals surface area (Å²) in [6.45, 7) is 2.23. The van der Waals surface area contributed by atoms with E-state index in [2.05, 4.69) is 11.9 Å². The maximum absolute atomic E-state index is 12.9. The average Bonchev–Trinajstić information content (AvgIpc) is 2.73. The van der Waals surface area contributed by atoms with Gasteiger partial charge in [0.1, 0.15) is 11.6 Å². The van der Waals surface area contributed by atoms with E-state index >= 15 is 0 Å². The summed E-state index contributed by atoms with van der Waals surface area (Å²) in [6.07, 6.45) is 11.2. The summed E-state index contributed by atoms with van der Waals surface area (Å²) in [5, 5.41) is 0. The van der Waals surface area contributed by atoms with Crippen LogP contribution in [0.25, 0.3) is 0 Å². The number of hydrogen-bond acceptors (Lipinski definition) is 3. The smallest absolute Gasteiger partial charge is 0.314 e. The lowest BCUT2D eigenvalue weighted by molar-refractivity contribution is -0.140. The highest BCUT2D eigenvalue weighted by atomic mass is 19.1. The van der Waals surface area contributed by atoms with E-state index in [0.29, 0.717) is 5.75 Å². The molecular formula is C24H30FNO2. The molecule has 1 aromatic heterocycles. The summed E-state index contributed by atoms with van der Waals surface area (Å²) in [4.78, 5) is 16.8. The van der Waals surface area contributed by atoms with Gasteiger partial charge in [0.25, 0.3) is 0 Å². The van der Waals surface area contributed by atoms with Gasteiger partial charge in [0.15, 0.2) is 0 Å². The van der Waals surface area contributed by atoms with Crippen LogP contribution in [0.3, 0.4) is 0 Å². The Bertz CT molecular complexity index is 734. The van der Waals surface area contributed by atoms with E-state index in [9.17, 15) is 9.18 Å². The Balaban J connectivity index is 1.43. The van der Waals surface area contributed by atoms with E-state index in [1.165, 1.54) is 31.4 Å². The molecule has 0 saturated heterocycles. The van der Waals surface area contributed by atoms with E-state index in [-0.39, 0.29) is 17.7 Å². The van der Waals surface area contributed by atoms with Gasteiger partial charge in [-0.15, -0.1) is 0 Å². The Kier molecular flexibility index (Phi) is 7.58. The molecule has 0 radical (unpaired) electrons. The van der Waals surface area contributed by atoms with E-state index < -0.39 is 0 Å². The van der Waals surface area contributed by atoms with Crippen LogP contribution in [0.5, 0.6) is 5.75 Å². The van der Waals surface area contributed by atoms with Crippen LogP contribution >= 0.6 is 0 Å². The highest BCUT2D eigenvalue weighted by Crippen LogP contribution is 2.32. The van der Waals surface area contributed by atoms with E-state index in [1.54, 1.807) is 18.3 Å². The van der Waals surface area contributed by atoms with Gasteiger partial charge in [0, 0.05) is 5.69 Å². The molecular weight excluding hydrogens is 353 g/mol. The zero-order chi connectivity index (χ0) is 19.8. The van der Waals surface area contributed by atoms with Gasteiger partial charge in [0.05, 0.1) is 12.1 Å². The first-order valence-corrected chi connectivity index (χ1v) is 10.5. The van der Waals surface area contributed by atoms with Gasteiger partial charge in [-0.25, -0.2) is 4.39 Å². The maximum atomic E-state index is 12.9. The van der Waals surface area contributed by atoms with Crippen molar-refractivity contribution in [1.29, 1.82) is 0 Å². The molecule has 1 fully saturated rings. The number of ether oxygens (including phenoxy) is 1. The van der Waals surface area contributed by atoms with Crippen LogP contribution in [-0.4, -0.2) is 11.0 Å². The minimum Gasteiger partial charge on any atom is -0.425 e. The number of hydrogen-bond donors (Lipinski definition) is 0. The van der Waals surface area contributed by atoms with Gasteiger partial charge >= 0.3 is 5.97 Å². The molecule has 3 nitrogen and oxygen atoms in total. The number of esters is 1. The lowest BCUT2D eigenvalue weighted by Gasteiger charge is -2.27. The van der Waals surface area contributed by atoms with E-state index in [0.717, 1.165) is 55.7 Å². The van der Waals surface area contributed by atoms with Crippen LogP contribution < -0.4 is 4.74 Å². The summed E-state index contributed by atoms with van der Waals surface area (Å²) >= 11 is 0. The third-order valence-electron chi connectivity index (χ3n) is 5.75.